The molecule has 2 nitrogen and oxygen atoms in total. The highest BCUT2D eigenvalue weighted by atomic mass is 19.1. The maximum Gasteiger partial charge on any atom is 0.119 e. The summed E-state index contributed by atoms with van der Waals surface area (Å²) in [5.74, 6) is 0. The van der Waals surface area contributed by atoms with Gasteiger partial charge in [-0.1, -0.05) is 6.58 Å². The zero-order chi connectivity index (χ0) is 7.56. The van der Waals surface area contributed by atoms with Gasteiger partial charge in [0, 0.05) is 18.8 Å². The molecule has 0 bridgehead atoms. The fourth-order valence-electron chi connectivity index (χ4n) is 1.10. The number of rotatable bonds is 2. The van der Waals surface area contributed by atoms with Crippen LogP contribution in [0, 0.1) is 0 Å². The number of hydrogen-bond acceptors (Lipinski definition) is 2. The van der Waals surface area contributed by atoms with Crippen molar-refractivity contribution < 1.29 is 9.50 Å². The molecule has 1 aliphatic rings. The zero-order valence-corrected chi connectivity index (χ0v) is 5.89. The van der Waals surface area contributed by atoms with E-state index in [1.54, 1.807) is 4.90 Å². The van der Waals surface area contributed by atoms with E-state index in [-0.39, 0.29) is 6.61 Å². The standard InChI is InChI=1S/C7H12FNO/c1-6(5-10)9-3-2-7(8)4-9/h7,10H,1-5H2. The molecule has 1 N–H and O–H groups in total. The van der Waals surface area contributed by atoms with Crippen LogP contribution in [0.3, 0.4) is 0 Å². The predicted octanol–water partition coefficient (Wildman–Crippen LogP) is 0.536. The normalized spacial score (nSPS) is 25.4. The van der Waals surface area contributed by atoms with Gasteiger partial charge in [-0.2, -0.15) is 0 Å². The van der Waals surface area contributed by atoms with Gasteiger partial charge in [0.15, 0.2) is 0 Å². The minimum atomic E-state index is -0.733. The number of alkyl halides is 1. The van der Waals surface area contributed by atoms with Crippen LogP contribution in [-0.4, -0.2) is 35.9 Å². The Labute approximate surface area is 60.0 Å². The quantitative estimate of drug-likeness (QED) is 0.613. The summed E-state index contributed by atoms with van der Waals surface area (Å²) < 4.78 is 12.5. The molecule has 3 heteroatoms. The van der Waals surface area contributed by atoms with E-state index in [0.717, 1.165) is 0 Å². The molecule has 1 heterocycles. The van der Waals surface area contributed by atoms with Gasteiger partial charge in [0.2, 0.25) is 0 Å². The molecule has 1 rings (SSSR count). The van der Waals surface area contributed by atoms with Gasteiger partial charge in [-0.25, -0.2) is 4.39 Å². The maximum absolute atomic E-state index is 12.5. The van der Waals surface area contributed by atoms with Crippen molar-refractivity contribution in [2.24, 2.45) is 0 Å². The summed E-state index contributed by atoms with van der Waals surface area (Å²) in [6.07, 6.45) is -0.165. The fraction of sp³-hybridized carbons (Fsp3) is 0.714. The molecule has 1 unspecified atom stereocenters. The second-order valence-corrected chi connectivity index (χ2v) is 2.56. The van der Waals surface area contributed by atoms with Crippen molar-refractivity contribution in [3.05, 3.63) is 12.3 Å². The number of aliphatic hydroxyl groups excluding tert-OH is 1. The van der Waals surface area contributed by atoms with Crippen molar-refractivity contribution in [3.63, 3.8) is 0 Å². The molecule has 1 aliphatic heterocycles. The number of halogens is 1. The third kappa shape index (κ3) is 1.48. The van der Waals surface area contributed by atoms with E-state index in [9.17, 15) is 4.39 Å². The van der Waals surface area contributed by atoms with Crippen LogP contribution in [0.5, 0.6) is 0 Å². The minimum Gasteiger partial charge on any atom is -0.390 e. The lowest BCUT2D eigenvalue weighted by Crippen LogP contribution is -2.21. The summed E-state index contributed by atoms with van der Waals surface area (Å²) in [5.41, 5.74) is 0.625. The van der Waals surface area contributed by atoms with E-state index in [0.29, 0.717) is 25.2 Å². The van der Waals surface area contributed by atoms with Crippen LogP contribution in [0.25, 0.3) is 0 Å². The van der Waals surface area contributed by atoms with Crippen molar-refractivity contribution in [2.75, 3.05) is 19.7 Å². The highest BCUT2D eigenvalue weighted by molar-refractivity contribution is 4.97. The Hall–Kier alpha value is -0.570. The van der Waals surface area contributed by atoms with E-state index >= 15 is 0 Å². The monoisotopic (exact) mass is 145 g/mol. The Morgan fingerprint density at radius 2 is 2.50 bits per heavy atom. The molecular formula is C7H12FNO. The Morgan fingerprint density at radius 3 is 2.90 bits per heavy atom. The first-order valence-corrected chi connectivity index (χ1v) is 3.41. The van der Waals surface area contributed by atoms with Crippen molar-refractivity contribution in [2.45, 2.75) is 12.6 Å². The largest absolute Gasteiger partial charge is 0.390 e. The lowest BCUT2D eigenvalue weighted by Gasteiger charge is -2.17. The maximum atomic E-state index is 12.5. The molecular weight excluding hydrogens is 133 g/mol. The smallest absolute Gasteiger partial charge is 0.119 e. The van der Waals surface area contributed by atoms with Gasteiger partial charge in [-0.05, 0) is 6.42 Å². The molecule has 1 saturated heterocycles. The Kier molecular flexibility index (Phi) is 2.27. The van der Waals surface area contributed by atoms with E-state index in [1.807, 2.05) is 0 Å². The van der Waals surface area contributed by atoms with Gasteiger partial charge in [-0.15, -0.1) is 0 Å². The molecule has 0 spiro atoms. The third-order valence-corrected chi connectivity index (χ3v) is 1.76. The van der Waals surface area contributed by atoms with E-state index in [1.165, 1.54) is 0 Å². The summed E-state index contributed by atoms with van der Waals surface area (Å²) in [4.78, 5) is 1.78. The Balaban J connectivity index is 2.37. The molecule has 58 valence electrons. The highest BCUT2D eigenvalue weighted by Gasteiger charge is 2.21. The van der Waals surface area contributed by atoms with Gasteiger partial charge in [-0.3, -0.25) is 0 Å². The topological polar surface area (TPSA) is 23.5 Å². The molecule has 0 aliphatic carbocycles. The van der Waals surface area contributed by atoms with Crippen LogP contribution in [0.1, 0.15) is 6.42 Å². The SMILES string of the molecule is C=C(CO)N1CCC(F)C1. The number of nitrogens with zero attached hydrogens (tertiary/aromatic N) is 1. The van der Waals surface area contributed by atoms with Crippen molar-refractivity contribution in [1.82, 2.24) is 4.90 Å². The van der Waals surface area contributed by atoms with Crippen molar-refractivity contribution in [3.8, 4) is 0 Å². The second-order valence-electron chi connectivity index (χ2n) is 2.56. The third-order valence-electron chi connectivity index (χ3n) is 1.76. The predicted molar refractivity (Wildman–Crippen MR) is 37.3 cm³/mol. The average molecular weight is 145 g/mol. The summed E-state index contributed by atoms with van der Waals surface area (Å²) in [6, 6.07) is 0. The van der Waals surface area contributed by atoms with E-state index in [2.05, 4.69) is 6.58 Å². The molecule has 0 amide bonds. The van der Waals surface area contributed by atoms with Gasteiger partial charge in [0.25, 0.3) is 0 Å². The first kappa shape index (κ1) is 7.54. The summed E-state index contributed by atoms with van der Waals surface area (Å²) >= 11 is 0. The Morgan fingerprint density at radius 1 is 1.80 bits per heavy atom. The summed E-state index contributed by atoms with van der Waals surface area (Å²) in [7, 11) is 0. The fourth-order valence-corrected chi connectivity index (χ4v) is 1.10. The first-order chi connectivity index (χ1) is 4.74. The van der Waals surface area contributed by atoms with E-state index in [4.69, 9.17) is 5.11 Å². The van der Waals surface area contributed by atoms with Crippen molar-refractivity contribution in [1.29, 1.82) is 0 Å². The van der Waals surface area contributed by atoms with Crippen molar-refractivity contribution >= 4 is 0 Å². The second kappa shape index (κ2) is 3.01. The zero-order valence-electron chi connectivity index (χ0n) is 5.89. The molecule has 0 aromatic rings. The average Bonchev–Trinajstić information content (AvgIpc) is 2.34. The summed E-state index contributed by atoms with van der Waals surface area (Å²) in [5, 5.41) is 8.62. The molecule has 0 saturated carbocycles. The van der Waals surface area contributed by atoms with Gasteiger partial charge in [0.1, 0.15) is 6.17 Å². The molecule has 0 radical (unpaired) electrons. The molecule has 10 heavy (non-hydrogen) atoms. The lowest BCUT2D eigenvalue weighted by atomic mass is 10.3. The van der Waals surface area contributed by atoms with Crippen LogP contribution in [0.15, 0.2) is 12.3 Å². The molecule has 1 fully saturated rings. The molecule has 0 aromatic carbocycles. The lowest BCUT2D eigenvalue weighted by molar-refractivity contribution is 0.262. The number of aliphatic hydroxyl groups is 1. The van der Waals surface area contributed by atoms with Crippen LogP contribution in [0.2, 0.25) is 0 Å². The number of likely N-dealkylation sites (tertiary alicyclic amines) is 1. The van der Waals surface area contributed by atoms with Gasteiger partial charge < -0.3 is 10.0 Å². The van der Waals surface area contributed by atoms with Crippen LogP contribution < -0.4 is 0 Å². The summed E-state index contributed by atoms with van der Waals surface area (Å²) in [6.45, 7) is 4.63. The Bertz CT molecular complexity index is 138. The van der Waals surface area contributed by atoms with Gasteiger partial charge >= 0.3 is 0 Å². The molecule has 1 atom stereocenters. The van der Waals surface area contributed by atoms with Crippen LogP contribution >= 0.6 is 0 Å². The van der Waals surface area contributed by atoms with Gasteiger partial charge in [0.05, 0.1) is 6.61 Å². The number of hydrogen-bond donors (Lipinski definition) is 1. The van der Waals surface area contributed by atoms with E-state index < -0.39 is 6.17 Å². The van der Waals surface area contributed by atoms with Crippen LogP contribution in [0.4, 0.5) is 4.39 Å². The highest BCUT2D eigenvalue weighted by Crippen LogP contribution is 2.15. The van der Waals surface area contributed by atoms with Crippen LogP contribution in [-0.2, 0) is 0 Å². The minimum absolute atomic E-state index is 0.0628. The first-order valence-electron chi connectivity index (χ1n) is 3.41. The molecule has 0 aromatic heterocycles.